The van der Waals surface area contributed by atoms with E-state index in [0.717, 1.165) is 25.4 Å². The molecule has 5 nitrogen and oxygen atoms in total. The van der Waals surface area contributed by atoms with Crippen molar-refractivity contribution in [1.82, 2.24) is 15.5 Å². The van der Waals surface area contributed by atoms with Gasteiger partial charge in [0.1, 0.15) is 6.61 Å². The molecule has 1 N–H and O–H groups in total. The highest BCUT2D eigenvalue weighted by atomic mass is 16.5. The molecule has 0 unspecified atom stereocenters. The minimum absolute atomic E-state index is 0.451. The van der Waals surface area contributed by atoms with E-state index >= 15 is 0 Å². The molecule has 0 aromatic carbocycles. The summed E-state index contributed by atoms with van der Waals surface area (Å²) in [5.74, 6) is 2.09. The lowest BCUT2D eigenvalue weighted by Crippen LogP contribution is -2.28. The van der Waals surface area contributed by atoms with Crippen LogP contribution in [0.3, 0.4) is 0 Å². The summed E-state index contributed by atoms with van der Waals surface area (Å²) in [6, 6.07) is 0. The van der Waals surface area contributed by atoms with Gasteiger partial charge in [-0.05, 0) is 38.8 Å². The van der Waals surface area contributed by atoms with E-state index < -0.39 is 0 Å². The Hall–Kier alpha value is -0.940. The van der Waals surface area contributed by atoms with E-state index in [1.165, 1.54) is 12.8 Å². The molecule has 1 aliphatic rings. The third-order valence-electron chi connectivity index (χ3n) is 2.87. The topological polar surface area (TPSA) is 60.2 Å². The number of nitrogens with one attached hydrogen (secondary N) is 1. The zero-order valence-corrected chi connectivity index (χ0v) is 9.74. The summed E-state index contributed by atoms with van der Waals surface area (Å²) in [5, 5.41) is 7.24. The van der Waals surface area contributed by atoms with E-state index in [4.69, 9.17) is 9.26 Å². The van der Waals surface area contributed by atoms with Gasteiger partial charge in [0.25, 0.3) is 0 Å². The van der Waals surface area contributed by atoms with Crippen molar-refractivity contribution in [3.63, 3.8) is 0 Å². The van der Waals surface area contributed by atoms with Gasteiger partial charge in [0, 0.05) is 13.0 Å². The second-order valence-corrected chi connectivity index (χ2v) is 4.14. The molecule has 0 spiro atoms. The minimum atomic E-state index is 0.451. The molecule has 0 saturated carbocycles. The van der Waals surface area contributed by atoms with Gasteiger partial charge in [-0.1, -0.05) is 5.16 Å². The van der Waals surface area contributed by atoms with Crippen LogP contribution in [0.15, 0.2) is 4.52 Å². The summed E-state index contributed by atoms with van der Waals surface area (Å²) in [4.78, 5) is 4.32. The van der Waals surface area contributed by atoms with Crippen molar-refractivity contribution >= 4 is 0 Å². The first-order valence-electron chi connectivity index (χ1n) is 5.98. The lowest BCUT2D eigenvalue weighted by Gasteiger charge is -2.20. The molecule has 0 atom stereocenters. The molecule has 16 heavy (non-hydrogen) atoms. The van der Waals surface area contributed by atoms with Crippen LogP contribution in [-0.4, -0.2) is 29.8 Å². The molecule has 0 aliphatic carbocycles. The Morgan fingerprint density at radius 1 is 1.44 bits per heavy atom. The highest BCUT2D eigenvalue weighted by molar-refractivity contribution is 4.87. The molecule has 1 aromatic rings. The van der Waals surface area contributed by atoms with Gasteiger partial charge in [0.2, 0.25) is 5.89 Å². The van der Waals surface area contributed by atoms with E-state index in [1.54, 1.807) is 0 Å². The summed E-state index contributed by atoms with van der Waals surface area (Å²) >= 11 is 0. The molecule has 1 saturated heterocycles. The van der Waals surface area contributed by atoms with Gasteiger partial charge in [0.15, 0.2) is 5.82 Å². The monoisotopic (exact) mass is 225 g/mol. The second kappa shape index (κ2) is 5.96. The molecular weight excluding hydrogens is 206 g/mol. The van der Waals surface area contributed by atoms with Gasteiger partial charge in [-0.2, -0.15) is 4.98 Å². The van der Waals surface area contributed by atoms with Crippen LogP contribution in [0, 0.1) is 5.92 Å². The van der Waals surface area contributed by atoms with Gasteiger partial charge in [-0.25, -0.2) is 0 Å². The van der Waals surface area contributed by atoms with Crippen LogP contribution in [0.1, 0.15) is 31.5 Å². The van der Waals surface area contributed by atoms with E-state index in [0.29, 0.717) is 25.0 Å². The fourth-order valence-corrected chi connectivity index (χ4v) is 1.96. The average Bonchev–Trinajstić information content (AvgIpc) is 2.75. The SMILES string of the molecule is CCOCc1noc(CC2CCNCC2)n1. The molecule has 5 heteroatoms. The molecule has 1 fully saturated rings. The van der Waals surface area contributed by atoms with E-state index in [2.05, 4.69) is 15.5 Å². The van der Waals surface area contributed by atoms with Crippen molar-refractivity contribution in [3.8, 4) is 0 Å². The van der Waals surface area contributed by atoms with Crippen molar-refractivity contribution < 1.29 is 9.26 Å². The van der Waals surface area contributed by atoms with Crippen molar-refractivity contribution in [3.05, 3.63) is 11.7 Å². The molecule has 0 amide bonds. The Labute approximate surface area is 95.6 Å². The summed E-state index contributed by atoms with van der Waals surface area (Å²) in [6.07, 6.45) is 3.30. The van der Waals surface area contributed by atoms with Crippen LogP contribution in [0.25, 0.3) is 0 Å². The van der Waals surface area contributed by atoms with Crippen molar-refractivity contribution in [2.75, 3.05) is 19.7 Å². The Balaban J connectivity index is 1.81. The highest BCUT2D eigenvalue weighted by Gasteiger charge is 2.17. The van der Waals surface area contributed by atoms with E-state index in [-0.39, 0.29) is 0 Å². The van der Waals surface area contributed by atoms with Gasteiger partial charge in [0.05, 0.1) is 0 Å². The number of nitrogens with zero attached hydrogens (tertiary/aromatic N) is 2. The summed E-state index contributed by atoms with van der Waals surface area (Å²) in [5.41, 5.74) is 0. The largest absolute Gasteiger partial charge is 0.374 e. The number of aromatic nitrogens is 2. The molecule has 1 aliphatic heterocycles. The van der Waals surface area contributed by atoms with Gasteiger partial charge >= 0.3 is 0 Å². The predicted molar refractivity (Wildman–Crippen MR) is 58.9 cm³/mol. The number of ether oxygens (including phenoxy) is 1. The first kappa shape index (κ1) is 11.5. The molecule has 90 valence electrons. The fraction of sp³-hybridized carbons (Fsp3) is 0.818. The zero-order valence-electron chi connectivity index (χ0n) is 9.74. The molecular formula is C11H19N3O2. The van der Waals surface area contributed by atoms with E-state index in [1.807, 2.05) is 6.92 Å². The molecule has 0 bridgehead atoms. The van der Waals surface area contributed by atoms with Crippen LogP contribution in [-0.2, 0) is 17.8 Å². The smallest absolute Gasteiger partial charge is 0.227 e. The fourth-order valence-electron chi connectivity index (χ4n) is 1.96. The summed E-state index contributed by atoms with van der Waals surface area (Å²) in [7, 11) is 0. The Kier molecular flexibility index (Phi) is 4.30. The number of hydrogen-bond donors (Lipinski definition) is 1. The lowest BCUT2D eigenvalue weighted by atomic mass is 9.95. The number of rotatable bonds is 5. The Morgan fingerprint density at radius 3 is 3.00 bits per heavy atom. The quantitative estimate of drug-likeness (QED) is 0.814. The number of hydrogen-bond acceptors (Lipinski definition) is 5. The van der Waals surface area contributed by atoms with Crippen LogP contribution in [0.2, 0.25) is 0 Å². The zero-order chi connectivity index (χ0) is 11.2. The highest BCUT2D eigenvalue weighted by Crippen LogP contribution is 2.16. The van der Waals surface area contributed by atoms with Crippen LogP contribution < -0.4 is 5.32 Å². The number of piperidine rings is 1. The predicted octanol–water partition coefficient (Wildman–Crippen LogP) is 1.15. The Bertz CT molecular complexity index is 308. The van der Waals surface area contributed by atoms with Crippen LogP contribution in [0.5, 0.6) is 0 Å². The van der Waals surface area contributed by atoms with Gasteiger partial charge in [-0.3, -0.25) is 0 Å². The summed E-state index contributed by atoms with van der Waals surface area (Å²) in [6.45, 7) is 5.29. The van der Waals surface area contributed by atoms with Crippen LogP contribution in [0.4, 0.5) is 0 Å². The van der Waals surface area contributed by atoms with Crippen molar-refractivity contribution in [2.45, 2.75) is 32.8 Å². The van der Waals surface area contributed by atoms with E-state index in [9.17, 15) is 0 Å². The maximum atomic E-state index is 5.23. The summed E-state index contributed by atoms with van der Waals surface area (Å²) < 4.78 is 10.4. The average molecular weight is 225 g/mol. The maximum absolute atomic E-state index is 5.23. The lowest BCUT2D eigenvalue weighted by molar-refractivity contribution is 0.126. The molecule has 2 rings (SSSR count). The normalized spacial score (nSPS) is 17.8. The minimum Gasteiger partial charge on any atom is -0.374 e. The standard InChI is InChI=1S/C11H19N3O2/c1-2-15-8-10-13-11(16-14-10)7-9-3-5-12-6-4-9/h9,12H,2-8H2,1H3. The van der Waals surface area contributed by atoms with Gasteiger partial charge < -0.3 is 14.6 Å². The Morgan fingerprint density at radius 2 is 2.25 bits per heavy atom. The second-order valence-electron chi connectivity index (χ2n) is 4.14. The first-order valence-corrected chi connectivity index (χ1v) is 5.98. The molecule has 2 heterocycles. The maximum Gasteiger partial charge on any atom is 0.227 e. The first-order chi connectivity index (χ1) is 7.88. The van der Waals surface area contributed by atoms with Crippen molar-refractivity contribution in [1.29, 1.82) is 0 Å². The third-order valence-corrected chi connectivity index (χ3v) is 2.87. The third kappa shape index (κ3) is 3.28. The van der Waals surface area contributed by atoms with Crippen molar-refractivity contribution in [2.24, 2.45) is 5.92 Å². The molecule has 0 radical (unpaired) electrons. The van der Waals surface area contributed by atoms with Crippen LogP contribution >= 0.6 is 0 Å². The molecule has 1 aromatic heterocycles. The van der Waals surface area contributed by atoms with Gasteiger partial charge in [-0.15, -0.1) is 0 Å².